The molecule has 0 bridgehead atoms. The lowest BCUT2D eigenvalue weighted by Gasteiger charge is -2.55. The molecular weight excluding hydrogens is 316 g/mol. The molecule has 25 heavy (non-hydrogen) atoms. The van der Waals surface area contributed by atoms with Crippen molar-refractivity contribution in [3.8, 4) is 0 Å². The maximum atomic E-state index is 13.2. The van der Waals surface area contributed by atoms with Gasteiger partial charge in [0, 0.05) is 29.9 Å². The molecule has 0 saturated heterocycles. The van der Waals surface area contributed by atoms with Crippen LogP contribution in [0.25, 0.3) is 0 Å². The molecule has 0 aromatic heterocycles. The molecule has 0 aliphatic heterocycles. The summed E-state index contributed by atoms with van der Waals surface area (Å²) in [4.78, 5) is 25.3. The molecular formula is C21H34O4. The molecule has 0 heterocycles. The van der Waals surface area contributed by atoms with Crippen molar-refractivity contribution in [3.63, 3.8) is 0 Å². The average Bonchev–Trinajstić information content (AvgIpc) is 2.53. The van der Waals surface area contributed by atoms with Crippen LogP contribution in [0.1, 0.15) is 60.3 Å². The summed E-state index contributed by atoms with van der Waals surface area (Å²) in [5, 5.41) is 19.3. The lowest BCUT2D eigenvalue weighted by molar-refractivity contribution is -0.146. The number of carbonyl (C=O) groups is 2. The number of ketones is 1. The number of fused-ring (bicyclic) bond motifs is 1. The van der Waals surface area contributed by atoms with Crippen LogP contribution in [-0.2, 0) is 9.59 Å². The first kappa shape index (κ1) is 20.2. The van der Waals surface area contributed by atoms with Gasteiger partial charge in [-0.3, -0.25) is 4.79 Å². The van der Waals surface area contributed by atoms with E-state index in [9.17, 15) is 19.8 Å². The molecule has 4 heteroatoms. The van der Waals surface area contributed by atoms with Crippen molar-refractivity contribution in [2.75, 3.05) is 6.61 Å². The van der Waals surface area contributed by atoms with Crippen LogP contribution in [0.5, 0.6) is 0 Å². The molecule has 7 unspecified atom stereocenters. The number of rotatable bonds is 6. The number of aliphatic hydroxyl groups is 1. The van der Waals surface area contributed by atoms with Gasteiger partial charge in [-0.1, -0.05) is 47.1 Å². The van der Waals surface area contributed by atoms with Crippen molar-refractivity contribution in [1.29, 1.82) is 0 Å². The lowest BCUT2D eigenvalue weighted by atomic mass is 9.47. The summed E-state index contributed by atoms with van der Waals surface area (Å²) in [5.41, 5.74) is -0.295. The minimum absolute atomic E-state index is 0.0311. The number of carbonyl (C=O) groups excluding carboxylic acids is 1. The Hall–Kier alpha value is -1.16. The van der Waals surface area contributed by atoms with E-state index in [1.165, 1.54) is 0 Å². The van der Waals surface area contributed by atoms with E-state index in [1.54, 1.807) is 0 Å². The molecule has 1 saturated carbocycles. The Morgan fingerprint density at radius 2 is 1.96 bits per heavy atom. The second-order valence-corrected chi connectivity index (χ2v) is 8.71. The van der Waals surface area contributed by atoms with E-state index in [0.29, 0.717) is 17.4 Å². The normalized spacial score (nSPS) is 39.3. The second-order valence-electron chi connectivity index (χ2n) is 8.71. The largest absolute Gasteiger partial charge is 0.478 e. The van der Waals surface area contributed by atoms with E-state index >= 15 is 0 Å². The van der Waals surface area contributed by atoms with E-state index in [4.69, 9.17) is 0 Å². The predicted molar refractivity (Wildman–Crippen MR) is 98.0 cm³/mol. The van der Waals surface area contributed by atoms with Gasteiger partial charge >= 0.3 is 5.97 Å². The van der Waals surface area contributed by atoms with Crippen molar-refractivity contribution in [2.45, 2.75) is 60.3 Å². The van der Waals surface area contributed by atoms with Gasteiger partial charge in [0.25, 0.3) is 0 Å². The van der Waals surface area contributed by atoms with E-state index < -0.39 is 11.4 Å². The molecule has 2 rings (SSSR count). The molecule has 2 N–H and O–H groups in total. The van der Waals surface area contributed by atoms with Gasteiger partial charge in [-0.05, 0) is 42.4 Å². The molecule has 0 radical (unpaired) electrons. The molecule has 0 aromatic carbocycles. The Bertz CT molecular complexity index is 552. The van der Waals surface area contributed by atoms with Crippen molar-refractivity contribution in [2.24, 2.45) is 40.9 Å². The number of hydrogen-bond acceptors (Lipinski definition) is 3. The van der Waals surface area contributed by atoms with Gasteiger partial charge in [-0.25, -0.2) is 4.79 Å². The second kappa shape index (κ2) is 7.61. The molecule has 1 fully saturated rings. The molecule has 4 nitrogen and oxygen atoms in total. The summed E-state index contributed by atoms with van der Waals surface area (Å²) in [6.07, 6.45) is 4.94. The molecule has 2 aliphatic carbocycles. The quantitative estimate of drug-likeness (QED) is 0.761. The maximum Gasteiger partial charge on any atom is 0.331 e. The Labute approximate surface area is 151 Å². The predicted octanol–water partition coefficient (Wildman–Crippen LogP) is 3.93. The highest BCUT2D eigenvalue weighted by atomic mass is 16.4. The van der Waals surface area contributed by atoms with Crippen LogP contribution in [0, 0.1) is 40.9 Å². The number of aliphatic hydroxyl groups excluding tert-OH is 1. The Kier molecular flexibility index (Phi) is 6.13. The van der Waals surface area contributed by atoms with Gasteiger partial charge < -0.3 is 10.2 Å². The Balaban J connectivity index is 2.65. The highest BCUT2D eigenvalue weighted by Crippen LogP contribution is 2.58. The fourth-order valence-electron chi connectivity index (χ4n) is 6.05. The molecule has 0 aromatic rings. The standard InChI is InChI=1S/C21H34O4/c1-6-13(3)19-16(20(24)25)11-15-10-12(2)9-14(4)18(15)21(19,5)17(23)7-8-22/h11-15,18-19,22H,6-10H2,1-5H3,(H,24,25). The summed E-state index contributed by atoms with van der Waals surface area (Å²) in [6.45, 7) is 10.4. The van der Waals surface area contributed by atoms with E-state index in [2.05, 4.69) is 27.7 Å². The van der Waals surface area contributed by atoms with E-state index in [1.807, 2.05) is 13.0 Å². The van der Waals surface area contributed by atoms with Crippen molar-refractivity contribution in [1.82, 2.24) is 0 Å². The van der Waals surface area contributed by atoms with Crippen LogP contribution in [0.4, 0.5) is 0 Å². The molecule has 7 atom stereocenters. The van der Waals surface area contributed by atoms with Crippen molar-refractivity contribution >= 4 is 11.8 Å². The summed E-state index contributed by atoms with van der Waals surface area (Å²) in [5.74, 6) is 0.178. The number of hydrogen-bond donors (Lipinski definition) is 2. The number of allylic oxidation sites excluding steroid dienone is 1. The third-order valence-electron chi connectivity index (χ3n) is 6.99. The maximum absolute atomic E-state index is 13.2. The highest BCUT2D eigenvalue weighted by Gasteiger charge is 2.57. The van der Waals surface area contributed by atoms with Crippen LogP contribution >= 0.6 is 0 Å². The summed E-state index contributed by atoms with van der Waals surface area (Å²) >= 11 is 0. The minimum atomic E-state index is -0.891. The minimum Gasteiger partial charge on any atom is -0.478 e. The van der Waals surface area contributed by atoms with Crippen molar-refractivity contribution in [3.05, 3.63) is 11.6 Å². The third kappa shape index (κ3) is 3.42. The molecule has 0 amide bonds. The fraction of sp³-hybridized carbons (Fsp3) is 0.810. The smallest absolute Gasteiger partial charge is 0.331 e. The SMILES string of the molecule is CCC(C)C1C(C(=O)O)=CC2CC(C)CC(C)C2C1(C)C(=O)CCO. The van der Waals surface area contributed by atoms with Crippen LogP contribution < -0.4 is 0 Å². The number of aliphatic carboxylic acids is 1. The monoisotopic (exact) mass is 350 g/mol. The first-order valence-corrected chi connectivity index (χ1v) is 9.77. The van der Waals surface area contributed by atoms with E-state index in [-0.39, 0.29) is 42.5 Å². The Morgan fingerprint density at radius 1 is 1.32 bits per heavy atom. The summed E-state index contributed by atoms with van der Waals surface area (Å²) in [7, 11) is 0. The van der Waals surface area contributed by atoms with Crippen molar-refractivity contribution < 1.29 is 19.8 Å². The number of Topliss-reactive ketones (excluding diaryl/α,β-unsaturated/α-hetero) is 1. The van der Waals surface area contributed by atoms with Crippen LogP contribution in [0.15, 0.2) is 11.6 Å². The zero-order valence-electron chi connectivity index (χ0n) is 16.3. The van der Waals surface area contributed by atoms with Gasteiger partial charge in [0.1, 0.15) is 5.78 Å². The van der Waals surface area contributed by atoms with Gasteiger partial charge in [0.2, 0.25) is 0 Å². The summed E-state index contributed by atoms with van der Waals surface area (Å²) < 4.78 is 0. The number of carboxylic acids is 1. The first-order chi connectivity index (χ1) is 11.7. The Morgan fingerprint density at radius 3 is 2.48 bits per heavy atom. The van der Waals surface area contributed by atoms with Crippen LogP contribution in [-0.4, -0.2) is 28.6 Å². The molecule has 2 aliphatic rings. The molecule has 142 valence electrons. The lowest BCUT2D eigenvalue weighted by Crippen LogP contribution is -2.55. The zero-order valence-corrected chi connectivity index (χ0v) is 16.3. The summed E-state index contributed by atoms with van der Waals surface area (Å²) in [6, 6.07) is 0. The van der Waals surface area contributed by atoms with Gasteiger partial charge in [0.15, 0.2) is 0 Å². The van der Waals surface area contributed by atoms with Gasteiger partial charge in [0.05, 0.1) is 0 Å². The topological polar surface area (TPSA) is 74.6 Å². The van der Waals surface area contributed by atoms with Gasteiger partial charge in [-0.2, -0.15) is 0 Å². The van der Waals surface area contributed by atoms with Crippen LogP contribution in [0.3, 0.4) is 0 Å². The van der Waals surface area contributed by atoms with Gasteiger partial charge in [-0.15, -0.1) is 0 Å². The first-order valence-electron chi connectivity index (χ1n) is 9.77. The van der Waals surface area contributed by atoms with E-state index in [0.717, 1.165) is 19.3 Å². The zero-order chi connectivity index (χ0) is 18.9. The number of carboxylic acid groups (broad SMARTS) is 1. The third-order valence-corrected chi connectivity index (χ3v) is 6.99. The highest BCUT2D eigenvalue weighted by molar-refractivity contribution is 5.92. The van der Waals surface area contributed by atoms with Crippen LogP contribution in [0.2, 0.25) is 0 Å². The fourth-order valence-corrected chi connectivity index (χ4v) is 6.05. The molecule has 0 spiro atoms. The average molecular weight is 350 g/mol.